The van der Waals surface area contributed by atoms with Crippen molar-refractivity contribution in [2.75, 3.05) is 32.8 Å². The third-order valence-corrected chi connectivity index (χ3v) is 7.09. The molecule has 0 spiro atoms. The summed E-state index contributed by atoms with van der Waals surface area (Å²) in [4.78, 5) is 42.2. The summed E-state index contributed by atoms with van der Waals surface area (Å²) in [6.07, 6.45) is 4.56. The Balaban J connectivity index is 1.56. The predicted octanol–water partition coefficient (Wildman–Crippen LogP) is 4.43. The number of pyridine rings is 1. The van der Waals surface area contributed by atoms with Crippen molar-refractivity contribution in [1.82, 2.24) is 14.4 Å². The number of ether oxygens (including phenoxy) is 3. The molecule has 1 saturated heterocycles. The fraction of sp³-hybridized carbons (Fsp3) is 0.536. The van der Waals surface area contributed by atoms with Gasteiger partial charge in [-0.15, -0.1) is 0 Å². The molecule has 2 aliphatic heterocycles. The summed E-state index contributed by atoms with van der Waals surface area (Å²) < 4.78 is 44.9. The molecule has 210 valence electrons. The number of halogens is 2. The first-order chi connectivity index (χ1) is 18.5. The number of nitrogens with zero attached hydrogens (tertiary/aromatic N) is 3. The molecule has 1 aromatic heterocycles. The maximum atomic E-state index is 13.8. The van der Waals surface area contributed by atoms with Crippen molar-refractivity contribution in [2.45, 2.75) is 64.8 Å². The van der Waals surface area contributed by atoms with E-state index in [4.69, 9.17) is 14.2 Å². The van der Waals surface area contributed by atoms with Gasteiger partial charge in [0.15, 0.2) is 5.75 Å². The molecule has 3 heterocycles. The zero-order valence-corrected chi connectivity index (χ0v) is 22.5. The first kappa shape index (κ1) is 27.1. The van der Waals surface area contributed by atoms with E-state index in [-0.39, 0.29) is 47.0 Å². The maximum Gasteiger partial charge on any atom is 0.410 e. The van der Waals surface area contributed by atoms with Crippen LogP contribution in [0.5, 0.6) is 5.75 Å². The zero-order valence-electron chi connectivity index (χ0n) is 22.5. The smallest absolute Gasteiger partial charge is 0.410 e. The summed E-state index contributed by atoms with van der Waals surface area (Å²) in [6.45, 7) is 6.06. The van der Waals surface area contributed by atoms with Gasteiger partial charge in [-0.25, -0.2) is 9.59 Å². The van der Waals surface area contributed by atoms with Crippen LogP contribution in [0.1, 0.15) is 62.5 Å². The van der Waals surface area contributed by atoms with Crippen LogP contribution >= 0.6 is 0 Å². The van der Waals surface area contributed by atoms with Gasteiger partial charge in [0.1, 0.15) is 11.2 Å². The first-order valence-electron chi connectivity index (χ1n) is 13.2. The van der Waals surface area contributed by atoms with E-state index in [9.17, 15) is 23.2 Å². The minimum atomic E-state index is -3.12. The number of amides is 1. The van der Waals surface area contributed by atoms with Crippen molar-refractivity contribution < 1.29 is 32.6 Å². The fourth-order valence-corrected chi connectivity index (χ4v) is 5.25. The van der Waals surface area contributed by atoms with Crippen molar-refractivity contribution in [3.63, 3.8) is 0 Å². The zero-order chi connectivity index (χ0) is 28.1. The Hall–Kier alpha value is -3.47. The van der Waals surface area contributed by atoms with Gasteiger partial charge < -0.3 is 23.7 Å². The summed E-state index contributed by atoms with van der Waals surface area (Å²) in [5.74, 6) is -0.832. The third kappa shape index (κ3) is 5.50. The molecule has 5 rings (SSSR count). The SMILES string of the molecule is CCOC(=O)c1cn(C2CC2)c2c(OC(F)F)c(C3=CC4CN(C(=O)OC(C)(C)C)CCN4C3)ccc2c1=O. The highest BCUT2D eigenvalue weighted by atomic mass is 19.3. The molecule has 0 radical (unpaired) electrons. The highest BCUT2D eigenvalue weighted by molar-refractivity contribution is 5.97. The van der Waals surface area contributed by atoms with Gasteiger partial charge in [0.25, 0.3) is 0 Å². The van der Waals surface area contributed by atoms with E-state index in [1.807, 2.05) is 26.8 Å². The lowest BCUT2D eigenvalue weighted by Crippen LogP contribution is -2.53. The van der Waals surface area contributed by atoms with E-state index in [1.165, 1.54) is 6.20 Å². The number of rotatable bonds is 6. The molecule has 9 nitrogen and oxygen atoms in total. The number of piperazine rings is 1. The van der Waals surface area contributed by atoms with E-state index >= 15 is 0 Å². The minimum absolute atomic E-state index is 0.0391. The second kappa shape index (κ2) is 10.3. The van der Waals surface area contributed by atoms with Crippen molar-refractivity contribution >= 4 is 28.5 Å². The number of hydrogen-bond donors (Lipinski definition) is 0. The monoisotopic (exact) mass is 545 g/mol. The lowest BCUT2D eigenvalue weighted by molar-refractivity contribution is -0.0492. The van der Waals surface area contributed by atoms with Gasteiger partial charge in [-0.2, -0.15) is 8.78 Å². The highest BCUT2D eigenvalue weighted by Crippen LogP contribution is 2.43. The molecule has 0 N–H and O–H groups in total. The topological polar surface area (TPSA) is 90.3 Å². The fourth-order valence-electron chi connectivity index (χ4n) is 5.25. The van der Waals surface area contributed by atoms with Crippen LogP contribution in [0.25, 0.3) is 16.5 Å². The van der Waals surface area contributed by atoms with Crippen molar-refractivity contribution in [1.29, 1.82) is 0 Å². The van der Waals surface area contributed by atoms with Crippen molar-refractivity contribution in [3.8, 4) is 5.75 Å². The summed E-state index contributed by atoms with van der Waals surface area (Å²) >= 11 is 0. The Morgan fingerprint density at radius 3 is 2.54 bits per heavy atom. The Bertz CT molecular complexity index is 1390. The second-order valence-corrected chi connectivity index (χ2v) is 11.1. The highest BCUT2D eigenvalue weighted by Gasteiger charge is 2.36. The summed E-state index contributed by atoms with van der Waals surface area (Å²) in [5.41, 5.74) is 0.145. The molecule has 1 unspecified atom stereocenters. The van der Waals surface area contributed by atoms with Gasteiger partial charge in [-0.05, 0) is 52.2 Å². The lowest BCUT2D eigenvalue weighted by Gasteiger charge is -2.37. The minimum Gasteiger partial charge on any atom is -0.462 e. The number of carbonyl (C=O) groups is 2. The number of hydrogen-bond acceptors (Lipinski definition) is 7. The van der Waals surface area contributed by atoms with Crippen LogP contribution in [0.4, 0.5) is 13.6 Å². The number of aromatic nitrogens is 1. The molecule has 1 aromatic carbocycles. The molecule has 11 heteroatoms. The van der Waals surface area contributed by atoms with E-state index in [0.29, 0.717) is 31.7 Å². The number of carbonyl (C=O) groups excluding carboxylic acids is 2. The Labute approximate surface area is 224 Å². The number of alkyl halides is 2. The van der Waals surface area contributed by atoms with Gasteiger partial charge in [0.2, 0.25) is 5.43 Å². The number of esters is 1. The van der Waals surface area contributed by atoms with E-state index in [0.717, 1.165) is 18.4 Å². The quantitative estimate of drug-likeness (QED) is 0.496. The van der Waals surface area contributed by atoms with Crippen molar-refractivity contribution in [2.24, 2.45) is 0 Å². The number of fused-ring (bicyclic) bond motifs is 2. The van der Waals surface area contributed by atoms with E-state index < -0.39 is 23.6 Å². The summed E-state index contributed by atoms with van der Waals surface area (Å²) in [5, 5.41) is 0.124. The van der Waals surface area contributed by atoms with Crippen LogP contribution in [0.15, 0.2) is 29.2 Å². The average molecular weight is 546 g/mol. The predicted molar refractivity (Wildman–Crippen MR) is 140 cm³/mol. The molecule has 0 bridgehead atoms. The Morgan fingerprint density at radius 2 is 1.90 bits per heavy atom. The second-order valence-electron chi connectivity index (χ2n) is 11.1. The van der Waals surface area contributed by atoms with Gasteiger partial charge in [0.05, 0.1) is 17.5 Å². The molecular formula is C28H33F2N3O6. The van der Waals surface area contributed by atoms with E-state index in [2.05, 4.69) is 4.90 Å². The Kier molecular flexibility index (Phi) is 7.13. The maximum absolute atomic E-state index is 13.8. The largest absolute Gasteiger partial charge is 0.462 e. The molecular weight excluding hydrogens is 512 g/mol. The van der Waals surface area contributed by atoms with Crippen LogP contribution in [-0.4, -0.2) is 77.5 Å². The average Bonchev–Trinajstić information content (AvgIpc) is 3.61. The molecule has 2 aromatic rings. The van der Waals surface area contributed by atoms with Crippen LogP contribution in [-0.2, 0) is 9.47 Å². The summed E-state index contributed by atoms with van der Waals surface area (Å²) in [7, 11) is 0. The van der Waals surface area contributed by atoms with Gasteiger partial charge >= 0.3 is 18.7 Å². The van der Waals surface area contributed by atoms with Gasteiger partial charge in [-0.1, -0.05) is 12.1 Å². The van der Waals surface area contributed by atoms with Crippen LogP contribution in [0, 0.1) is 0 Å². The standard InChI is InChI=1S/C28H33F2N3O6/c1-5-37-25(35)21-15-33(17-6-7-17)22-20(23(21)34)9-8-19(24(22)38-26(29)30)16-12-18-14-32(11-10-31(18)13-16)27(36)39-28(2,3)4/h8-9,12,15,17-18,26H,5-7,10-11,13-14H2,1-4H3. The lowest BCUT2D eigenvalue weighted by atomic mass is 10.0. The molecule has 1 aliphatic carbocycles. The van der Waals surface area contributed by atoms with Gasteiger partial charge in [-0.3, -0.25) is 9.69 Å². The van der Waals surface area contributed by atoms with Crippen LogP contribution < -0.4 is 10.2 Å². The van der Waals surface area contributed by atoms with Crippen LogP contribution in [0.2, 0.25) is 0 Å². The number of benzene rings is 1. The molecule has 1 amide bonds. The Morgan fingerprint density at radius 1 is 1.15 bits per heavy atom. The summed E-state index contributed by atoms with van der Waals surface area (Å²) in [6, 6.07) is 3.01. The van der Waals surface area contributed by atoms with E-state index in [1.54, 1.807) is 28.5 Å². The van der Waals surface area contributed by atoms with Crippen molar-refractivity contribution in [3.05, 3.63) is 45.8 Å². The molecule has 39 heavy (non-hydrogen) atoms. The first-order valence-corrected chi connectivity index (χ1v) is 13.2. The van der Waals surface area contributed by atoms with Gasteiger partial charge in [0, 0.05) is 50.0 Å². The molecule has 1 saturated carbocycles. The normalized spacial score (nSPS) is 19.7. The molecule has 3 aliphatic rings. The third-order valence-electron chi connectivity index (χ3n) is 7.09. The molecule has 1 atom stereocenters. The molecule has 2 fully saturated rings. The van der Waals surface area contributed by atoms with Crippen LogP contribution in [0.3, 0.4) is 0 Å².